The van der Waals surface area contributed by atoms with Crippen LogP contribution in [0.5, 0.6) is 5.75 Å². The molecule has 0 fully saturated rings. The predicted octanol–water partition coefficient (Wildman–Crippen LogP) is 5.84. The van der Waals surface area contributed by atoms with Gasteiger partial charge in [-0.25, -0.2) is 4.98 Å². The number of anilines is 2. The molecule has 3 aromatic carbocycles. The molecule has 6 nitrogen and oxygen atoms in total. The first-order valence-electron chi connectivity index (χ1n) is 10.4. The van der Waals surface area contributed by atoms with Crippen LogP contribution in [0.2, 0.25) is 0 Å². The average Bonchev–Trinajstić information content (AvgIpc) is 3.25. The van der Waals surface area contributed by atoms with Crippen molar-refractivity contribution in [2.45, 2.75) is 20.5 Å². The molecule has 2 N–H and O–H groups in total. The molecule has 0 aliphatic rings. The number of hydrogen-bond acceptors (Lipinski definition) is 5. The molecule has 33 heavy (non-hydrogen) atoms. The fourth-order valence-corrected chi connectivity index (χ4v) is 3.75. The van der Waals surface area contributed by atoms with Crippen molar-refractivity contribution in [3.63, 3.8) is 0 Å². The smallest absolute Gasteiger partial charge is 0.255 e. The molecule has 4 aromatic rings. The number of nitrogens with one attached hydrogen (secondary N) is 2. The van der Waals surface area contributed by atoms with Crippen molar-refractivity contribution in [1.29, 1.82) is 0 Å². The summed E-state index contributed by atoms with van der Waals surface area (Å²) in [5, 5.41) is 8.75. The van der Waals surface area contributed by atoms with Gasteiger partial charge in [-0.1, -0.05) is 24.3 Å². The number of amides is 2. The standard InChI is InChI=1S/C26H23N3O3S/c1-17-8-11-21(28-25(30)19-6-4-3-5-7-19)14-24(17)29-26(31)20-9-12-23(13-10-20)32-15-22-16-33-18(2)27-22/h3-14,16H,15H2,1-2H3,(H,28,30)(H,29,31). The van der Waals surface area contributed by atoms with Gasteiger partial charge in [0.1, 0.15) is 12.4 Å². The molecule has 4 rings (SSSR count). The fourth-order valence-electron chi connectivity index (χ4n) is 3.16. The van der Waals surface area contributed by atoms with E-state index in [9.17, 15) is 9.59 Å². The van der Waals surface area contributed by atoms with Crippen LogP contribution in [0.4, 0.5) is 11.4 Å². The van der Waals surface area contributed by atoms with Crippen molar-refractivity contribution in [1.82, 2.24) is 4.98 Å². The van der Waals surface area contributed by atoms with E-state index in [4.69, 9.17) is 4.74 Å². The van der Waals surface area contributed by atoms with Crippen molar-refractivity contribution in [3.8, 4) is 5.75 Å². The van der Waals surface area contributed by atoms with Gasteiger partial charge in [0.25, 0.3) is 11.8 Å². The van der Waals surface area contributed by atoms with Crippen LogP contribution in [0.1, 0.15) is 37.0 Å². The maximum absolute atomic E-state index is 12.8. The number of nitrogens with zero attached hydrogens (tertiary/aromatic N) is 1. The van der Waals surface area contributed by atoms with Crippen LogP contribution in [0, 0.1) is 13.8 Å². The summed E-state index contributed by atoms with van der Waals surface area (Å²) in [7, 11) is 0. The van der Waals surface area contributed by atoms with Gasteiger partial charge >= 0.3 is 0 Å². The molecule has 166 valence electrons. The van der Waals surface area contributed by atoms with Crippen LogP contribution in [-0.4, -0.2) is 16.8 Å². The molecule has 0 aliphatic carbocycles. The summed E-state index contributed by atoms with van der Waals surface area (Å²) < 4.78 is 5.74. The number of hydrogen-bond donors (Lipinski definition) is 2. The SMILES string of the molecule is Cc1nc(COc2ccc(C(=O)Nc3cc(NC(=O)c4ccccc4)ccc3C)cc2)cs1. The third-order valence-electron chi connectivity index (χ3n) is 4.95. The molecule has 1 aromatic heterocycles. The molecule has 7 heteroatoms. The van der Waals surface area contributed by atoms with Gasteiger partial charge in [0.2, 0.25) is 0 Å². The molecule has 1 heterocycles. The lowest BCUT2D eigenvalue weighted by Crippen LogP contribution is -2.14. The second-order valence-corrected chi connectivity index (χ2v) is 8.54. The largest absolute Gasteiger partial charge is 0.487 e. The molecule has 0 atom stereocenters. The number of thiazole rings is 1. The normalized spacial score (nSPS) is 10.5. The Balaban J connectivity index is 1.39. The molecule has 0 unspecified atom stereocenters. The molecule has 0 bridgehead atoms. The van der Waals surface area contributed by atoms with Crippen LogP contribution in [0.25, 0.3) is 0 Å². The number of carbonyl (C=O) groups is 2. The highest BCUT2D eigenvalue weighted by Gasteiger charge is 2.11. The van der Waals surface area contributed by atoms with E-state index in [1.165, 1.54) is 0 Å². The monoisotopic (exact) mass is 457 g/mol. The number of aromatic nitrogens is 1. The zero-order chi connectivity index (χ0) is 23.2. The van der Waals surface area contributed by atoms with Crippen LogP contribution in [-0.2, 0) is 6.61 Å². The summed E-state index contributed by atoms with van der Waals surface area (Å²) in [5.41, 5.74) is 4.07. The van der Waals surface area contributed by atoms with E-state index in [-0.39, 0.29) is 11.8 Å². The Kier molecular flexibility index (Phi) is 6.80. The minimum atomic E-state index is -0.244. The van der Waals surface area contributed by atoms with E-state index in [0.717, 1.165) is 16.3 Å². The van der Waals surface area contributed by atoms with Gasteiger partial charge in [-0.05, 0) is 67.9 Å². The molecule has 0 radical (unpaired) electrons. The maximum atomic E-state index is 12.8. The zero-order valence-electron chi connectivity index (χ0n) is 18.3. The number of carbonyl (C=O) groups excluding carboxylic acids is 2. The summed E-state index contributed by atoms with van der Waals surface area (Å²) in [5.74, 6) is 0.213. The lowest BCUT2D eigenvalue weighted by molar-refractivity contribution is 0.101. The lowest BCUT2D eigenvalue weighted by atomic mass is 10.1. The van der Waals surface area contributed by atoms with Gasteiger partial charge in [0.15, 0.2) is 0 Å². The molecule has 0 spiro atoms. The first-order valence-corrected chi connectivity index (χ1v) is 11.3. The first-order chi connectivity index (χ1) is 16.0. The minimum Gasteiger partial charge on any atom is -0.487 e. The Bertz CT molecular complexity index is 1270. The van der Waals surface area contributed by atoms with E-state index in [2.05, 4.69) is 15.6 Å². The number of ether oxygens (including phenoxy) is 1. The number of benzene rings is 3. The fraction of sp³-hybridized carbons (Fsp3) is 0.115. The highest BCUT2D eigenvalue weighted by molar-refractivity contribution is 7.09. The van der Waals surface area contributed by atoms with Crippen LogP contribution in [0.3, 0.4) is 0 Å². The highest BCUT2D eigenvalue weighted by Crippen LogP contribution is 2.22. The van der Waals surface area contributed by atoms with Crippen molar-refractivity contribution < 1.29 is 14.3 Å². The van der Waals surface area contributed by atoms with Crippen molar-refractivity contribution in [2.75, 3.05) is 10.6 Å². The topological polar surface area (TPSA) is 80.3 Å². The lowest BCUT2D eigenvalue weighted by Gasteiger charge is -2.12. The Morgan fingerprint density at radius 1 is 0.879 bits per heavy atom. The Hall–Kier alpha value is -3.97. The van der Waals surface area contributed by atoms with Gasteiger partial charge in [-0.3, -0.25) is 9.59 Å². The van der Waals surface area contributed by atoms with Gasteiger partial charge in [-0.15, -0.1) is 11.3 Å². The summed E-state index contributed by atoms with van der Waals surface area (Å²) in [6.07, 6.45) is 0. The van der Waals surface area contributed by atoms with Crippen molar-refractivity contribution >= 4 is 34.5 Å². The molecule has 0 saturated carbocycles. The van der Waals surface area contributed by atoms with E-state index in [0.29, 0.717) is 34.9 Å². The maximum Gasteiger partial charge on any atom is 0.255 e. The van der Waals surface area contributed by atoms with Crippen molar-refractivity contribution in [2.24, 2.45) is 0 Å². The number of aryl methyl sites for hydroxylation is 2. The van der Waals surface area contributed by atoms with Gasteiger partial charge in [0.05, 0.1) is 10.7 Å². The second kappa shape index (κ2) is 10.1. The summed E-state index contributed by atoms with van der Waals surface area (Å²) in [4.78, 5) is 29.6. The molecule has 2 amide bonds. The Labute approximate surface area is 196 Å². The molecular weight excluding hydrogens is 434 g/mol. The van der Waals surface area contributed by atoms with Gasteiger partial charge in [-0.2, -0.15) is 0 Å². The van der Waals surface area contributed by atoms with Gasteiger partial charge < -0.3 is 15.4 Å². The minimum absolute atomic E-state index is 0.208. The third-order valence-corrected chi connectivity index (χ3v) is 5.77. The first kappa shape index (κ1) is 22.2. The molecular formula is C26H23N3O3S. The number of rotatable bonds is 7. The molecule has 0 saturated heterocycles. The van der Waals surface area contributed by atoms with E-state index in [1.807, 2.05) is 49.6 Å². The van der Waals surface area contributed by atoms with Crippen molar-refractivity contribution in [3.05, 3.63) is 106 Å². The van der Waals surface area contributed by atoms with Crippen LogP contribution >= 0.6 is 11.3 Å². The van der Waals surface area contributed by atoms with E-state index >= 15 is 0 Å². The highest BCUT2D eigenvalue weighted by atomic mass is 32.1. The summed E-state index contributed by atoms with van der Waals surface area (Å²) in [6, 6.07) is 21.3. The second-order valence-electron chi connectivity index (χ2n) is 7.47. The Morgan fingerprint density at radius 3 is 2.27 bits per heavy atom. The summed E-state index contributed by atoms with van der Waals surface area (Å²) in [6.45, 7) is 4.24. The van der Waals surface area contributed by atoms with E-state index in [1.54, 1.807) is 53.8 Å². The quantitative estimate of drug-likeness (QED) is 0.365. The Morgan fingerprint density at radius 2 is 1.58 bits per heavy atom. The van der Waals surface area contributed by atoms with Gasteiger partial charge in [0, 0.05) is 27.9 Å². The zero-order valence-corrected chi connectivity index (χ0v) is 19.1. The summed E-state index contributed by atoms with van der Waals surface area (Å²) >= 11 is 1.58. The average molecular weight is 458 g/mol. The third kappa shape index (κ3) is 5.84. The molecule has 0 aliphatic heterocycles. The van der Waals surface area contributed by atoms with E-state index < -0.39 is 0 Å². The van der Waals surface area contributed by atoms with Crippen LogP contribution < -0.4 is 15.4 Å². The predicted molar refractivity (Wildman–Crippen MR) is 131 cm³/mol. The van der Waals surface area contributed by atoms with Crippen LogP contribution in [0.15, 0.2) is 78.2 Å².